The second-order valence-corrected chi connectivity index (χ2v) is 3.09. The molecule has 1 unspecified atom stereocenters. The van der Waals surface area contributed by atoms with Crippen molar-refractivity contribution < 1.29 is 29.3 Å². The molecule has 0 aliphatic carbocycles. The summed E-state index contributed by atoms with van der Waals surface area (Å²) in [6.45, 7) is -1.25. The molecule has 0 bridgehead atoms. The highest BCUT2D eigenvalue weighted by Gasteiger charge is 2.19. The number of rotatable bonds is 5. The van der Waals surface area contributed by atoms with Crippen molar-refractivity contribution in [3.05, 3.63) is 30.3 Å². The van der Waals surface area contributed by atoms with Crippen molar-refractivity contribution in [3.63, 3.8) is 0 Å². The van der Waals surface area contributed by atoms with E-state index < -0.39 is 31.3 Å². The summed E-state index contributed by atoms with van der Waals surface area (Å²) >= 11 is 0. The van der Waals surface area contributed by atoms with Crippen LogP contribution in [0.4, 0.5) is 0 Å². The third-order valence-electron chi connectivity index (χ3n) is 1.76. The molecule has 0 saturated carbocycles. The lowest BCUT2D eigenvalue weighted by molar-refractivity contribution is -0.168. The molecule has 0 aromatic heterocycles. The summed E-state index contributed by atoms with van der Waals surface area (Å²) in [4.78, 5) is 22.0. The average molecular weight is 240 g/mol. The molecule has 0 amide bonds. The van der Waals surface area contributed by atoms with Gasteiger partial charge in [0, 0.05) is 0 Å². The van der Waals surface area contributed by atoms with E-state index in [-0.39, 0.29) is 0 Å². The van der Waals surface area contributed by atoms with Crippen molar-refractivity contribution in [1.29, 1.82) is 0 Å². The van der Waals surface area contributed by atoms with E-state index in [0.717, 1.165) is 0 Å². The lowest BCUT2D eigenvalue weighted by Gasteiger charge is -2.07. The van der Waals surface area contributed by atoms with Gasteiger partial charge in [-0.15, -0.1) is 0 Å². The van der Waals surface area contributed by atoms with Gasteiger partial charge in [0.25, 0.3) is 0 Å². The first-order valence-electron chi connectivity index (χ1n) is 4.84. The van der Waals surface area contributed by atoms with Crippen LogP contribution < -0.4 is 4.74 Å². The molecule has 0 aliphatic heterocycles. The number of hydrogen-bond donors (Lipinski definition) is 2. The number of carbonyl (C=O) groups is 2. The quantitative estimate of drug-likeness (QED) is 0.532. The van der Waals surface area contributed by atoms with E-state index in [9.17, 15) is 9.59 Å². The van der Waals surface area contributed by atoms with Crippen LogP contribution in [0.1, 0.15) is 0 Å². The van der Waals surface area contributed by atoms with Crippen molar-refractivity contribution in [2.24, 2.45) is 0 Å². The van der Waals surface area contributed by atoms with Crippen molar-refractivity contribution in [2.75, 3.05) is 13.2 Å². The first-order chi connectivity index (χ1) is 8.13. The van der Waals surface area contributed by atoms with Gasteiger partial charge >= 0.3 is 11.9 Å². The summed E-state index contributed by atoms with van der Waals surface area (Å²) in [5, 5.41) is 17.3. The molecule has 0 radical (unpaired) electrons. The van der Waals surface area contributed by atoms with Crippen LogP contribution in [0, 0.1) is 0 Å². The lowest BCUT2D eigenvalue weighted by Crippen LogP contribution is -2.30. The molecule has 0 aliphatic rings. The van der Waals surface area contributed by atoms with Gasteiger partial charge in [-0.2, -0.15) is 0 Å². The first kappa shape index (κ1) is 13.1. The van der Waals surface area contributed by atoms with E-state index in [0.29, 0.717) is 5.75 Å². The number of aliphatic hydroxyl groups is 2. The number of aliphatic hydroxyl groups excluding tert-OH is 2. The van der Waals surface area contributed by atoms with Crippen molar-refractivity contribution >= 4 is 11.9 Å². The Morgan fingerprint density at radius 1 is 1.24 bits per heavy atom. The molecule has 1 atom stereocenters. The summed E-state index contributed by atoms with van der Waals surface area (Å²) in [6.07, 6.45) is -1.71. The van der Waals surface area contributed by atoms with Gasteiger partial charge in [-0.1, -0.05) is 18.2 Å². The van der Waals surface area contributed by atoms with Crippen LogP contribution in [0.15, 0.2) is 30.3 Å². The fourth-order valence-electron chi connectivity index (χ4n) is 0.943. The fraction of sp³-hybridized carbons (Fsp3) is 0.273. The number of carbonyl (C=O) groups excluding carboxylic acids is 2. The number of benzene rings is 1. The number of hydrogen-bond acceptors (Lipinski definition) is 6. The molecule has 0 spiro atoms. The maximum Gasteiger partial charge on any atom is 0.351 e. The van der Waals surface area contributed by atoms with Crippen LogP contribution in [0.5, 0.6) is 5.75 Å². The van der Waals surface area contributed by atoms with E-state index >= 15 is 0 Å². The standard InChI is InChI=1S/C11H12O6/c12-6-9(13)11(15)17-10(14)7-16-8-4-2-1-3-5-8/h1-5,9,12-13H,6-7H2. The minimum Gasteiger partial charge on any atom is -0.482 e. The molecule has 2 N–H and O–H groups in total. The highest BCUT2D eigenvalue weighted by Crippen LogP contribution is 2.07. The van der Waals surface area contributed by atoms with Gasteiger partial charge in [0.15, 0.2) is 12.7 Å². The predicted octanol–water partition coefficient (Wildman–Crippen LogP) is -0.512. The fourth-order valence-corrected chi connectivity index (χ4v) is 0.943. The monoisotopic (exact) mass is 240 g/mol. The molecular formula is C11H12O6. The molecule has 6 nitrogen and oxygen atoms in total. The first-order valence-corrected chi connectivity index (χ1v) is 4.84. The Morgan fingerprint density at radius 3 is 2.47 bits per heavy atom. The van der Waals surface area contributed by atoms with Gasteiger partial charge in [0.2, 0.25) is 0 Å². The summed E-state index contributed by atoms with van der Waals surface area (Å²) in [5.41, 5.74) is 0. The van der Waals surface area contributed by atoms with Gasteiger partial charge < -0.3 is 19.7 Å². The molecule has 1 rings (SSSR count). The third kappa shape index (κ3) is 4.62. The maximum atomic E-state index is 11.1. The SMILES string of the molecule is O=C(COc1ccccc1)OC(=O)C(O)CO. The summed E-state index contributed by atoms with van der Waals surface area (Å²) < 4.78 is 9.22. The zero-order valence-corrected chi connectivity index (χ0v) is 8.91. The second-order valence-electron chi connectivity index (χ2n) is 3.09. The second kappa shape index (κ2) is 6.62. The van der Waals surface area contributed by atoms with E-state index in [1.165, 1.54) is 0 Å². The molecule has 1 aromatic rings. The Kier molecular flexibility index (Phi) is 5.12. The van der Waals surface area contributed by atoms with Crippen molar-refractivity contribution in [2.45, 2.75) is 6.10 Å². The molecule has 0 heterocycles. The van der Waals surface area contributed by atoms with Gasteiger partial charge in [-0.05, 0) is 12.1 Å². The maximum absolute atomic E-state index is 11.1. The smallest absolute Gasteiger partial charge is 0.351 e. The molecule has 6 heteroatoms. The Bertz CT molecular complexity index is 375. The predicted molar refractivity (Wildman–Crippen MR) is 56.1 cm³/mol. The number of ether oxygens (including phenoxy) is 2. The number of esters is 2. The Labute approximate surface area is 97.4 Å². The molecule has 92 valence electrons. The van der Waals surface area contributed by atoms with E-state index in [1.54, 1.807) is 30.3 Å². The highest BCUT2D eigenvalue weighted by molar-refractivity contribution is 5.88. The molecule has 0 fully saturated rings. The van der Waals surface area contributed by atoms with Crippen LogP contribution in [0.2, 0.25) is 0 Å². The summed E-state index contributed by atoms with van der Waals surface area (Å²) in [6, 6.07) is 8.50. The molecule has 17 heavy (non-hydrogen) atoms. The number of para-hydroxylation sites is 1. The third-order valence-corrected chi connectivity index (χ3v) is 1.76. The average Bonchev–Trinajstić information content (AvgIpc) is 2.36. The summed E-state index contributed by atoms with van der Waals surface area (Å²) in [7, 11) is 0. The Balaban J connectivity index is 2.33. The zero-order valence-electron chi connectivity index (χ0n) is 8.91. The van der Waals surface area contributed by atoms with Gasteiger partial charge in [0.05, 0.1) is 6.61 Å². The minimum atomic E-state index is -1.71. The van der Waals surface area contributed by atoms with E-state index in [4.69, 9.17) is 14.9 Å². The van der Waals surface area contributed by atoms with Crippen LogP contribution in [-0.2, 0) is 14.3 Å². The topological polar surface area (TPSA) is 93.1 Å². The van der Waals surface area contributed by atoms with Crippen molar-refractivity contribution in [1.82, 2.24) is 0 Å². The van der Waals surface area contributed by atoms with Gasteiger partial charge in [-0.25, -0.2) is 9.59 Å². The Hall–Kier alpha value is -1.92. The lowest BCUT2D eigenvalue weighted by atomic mass is 10.3. The van der Waals surface area contributed by atoms with Crippen LogP contribution >= 0.6 is 0 Å². The molecule has 1 aromatic carbocycles. The van der Waals surface area contributed by atoms with Crippen molar-refractivity contribution in [3.8, 4) is 5.75 Å². The Morgan fingerprint density at radius 2 is 1.88 bits per heavy atom. The molecule has 0 saturated heterocycles. The zero-order chi connectivity index (χ0) is 12.7. The van der Waals surface area contributed by atoms with Crippen LogP contribution in [0.3, 0.4) is 0 Å². The van der Waals surface area contributed by atoms with Crippen LogP contribution in [-0.4, -0.2) is 41.5 Å². The van der Waals surface area contributed by atoms with E-state index in [2.05, 4.69) is 4.74 Å². The minimum absolute atomic E-state index is 0.450. The summed E-state index contributed by atoms with van der Waals surface area (Å²) in [5.74, 6) is -1.68. The molecular weight excluding hydrogens is 228 g/mol. The largest absolute Gasteiger partial charge is 0.482 e. The van der Waals surface area contributed by atoms with E-state index in [1.807, 2.05) is 0 Å². The van der Waals surface area contributed by atoms with Gasteiger partial charge in [0.1, 0.15) is 5.75 Å². The normalized spacial score (nSPS) is 11.6. The van der Waals surface area contributed by atoms with Crippen LogP contribution in [0.25, 0.3) is 0 Å². The highest BCUT2D eigenvalue weighted by atomic mass is 16.6. The van der Waals surface area contributed by atoms with Gasteiger partial charge in [-0.3, -0.25) is 0 Å².